The Morgan fingerprint density at radius 1 is 1.16 bits per heavy atom. The molecule has 0 radical (unpaired) electrons. The van der Waals surface area contributed by atoms with Gasteiger partial charge in [0.1, 0.15) is 5.75 Å². The van der Waals surface area contributed by atoms with Crippen molar-refractivity contribution in [3.8, 4) is 5.75 Å². The van der Waals surface area contributed by atoms with Crippen molar-refractivity contribution in [3.63, 3.8) is 0 Å². The molecule has 2 aromatic carbocycles. The molecular weight excluding hydrogens is 304 g/mol. The number of hydrazine groups is 1. The van der Waals surface area contributed by atoms with Gasteiger partial charge in [-0.3, -0.25) is 5.84 Å². The first-order valence-electron chi connectivity index (χ1n) is 6.02. The molecule has 1 atom stereocenters. The summed E-state index contributed by atoms with van der Waals surface area (Å²) in [5, 5.41) is 0. The van der Waals surface area contributed by atoms with Gasteiger partial charge in [0.25, 0.3) is 0 Å². The van der Waals surface area contributed by atoms with Crippen LogP contribution in [0.25, 0.3) is 0 Å². The molecule has 3 nitrogen and oxygen atoms in total. The fourth-order valence-corrected chi connectivity index (χ4v) is 2.65. The number of nitrogens with two attached hydrogens (primary N) is 1. The van der Waals surface area contributed by atoms with Crippen molar-refractivity contribution in [2.45, 2.75) is 13.0 Å². The molecule has 100 valence electrons. The first kappa shape index (κ1) is 14.1. The highest BCUT2D eigenvalue weighted by molar-refractivity contribution is 9.10. The van der Waals surface area contributed by atoms with E-state index in [0.717, 1.165) is 21.3 Å². The first-order chi connectivity index (χ1) is 9.17. The molecule has 2 rings (SSSR count). The van der Waals surface area contributed by atoms with Crippen LogP contribution in [0.2, 0.25) is 0 Å². The maximum absolute atomic E-state index is 5.75. The molecule has 0 bridgehead atoms. The number of methoxy groups -OCH3 is 1. The van der Waals surface area contributed by atoms with Gasteiger partial charge in [0.05, 0.1) is 13.2 Å². The lowest BCUT2D eigenvalue weighted by Gasteiger charge is -2.21. The van der Waals surface area contributed by atoms with Gasteiger partial charge in [-0.15, -0.1) is 0 Å². The minimum absolute atomic E-state index is 0.120. The van der Waals surface area contributed by atoms with Gasteiger partial charge < -0.3 is 4.74 Å². The minimum atomic E-state index is -0.120. The summed E-state index contributed by atoms with van der Waals surface area (Å²) >= 11 is 3.56. The van der Waals surface area contributed by atoms with E-state index in [0.29, 0.717) is 0 Å². The van der Waals surface area contributed by atoms with Gasteiger partial charge in [-0.05, 0) is 24.6 Å². The molecule has 2 aromatic rings. The van der Waals surface area contributed by atoms with Gasteiger partial charge in [-0.2, -0.15) is 0 Å². The van der Waals surface area contributed by atoms with Crippen LogP contribution in [0.5, 0.6) is 5.75 Å². The summed E-state index contributed by atoms with van der Waals surface area (Å²) in [6, 6.07) is 14.0. The Balaban J connectivity index is 2.54. The zero-order valence-electron chi connectivity index (χ0n) is 11.0. The molecule has 0 aliphatic carbocycles. The van der Waals surface area contributed by atoms with Crippen LogP contribution in [0, 0.1) is 6.92 Å². The predicted molar refractivity (Wildman–Crippen MR) is 81.0 cm³/mol. The summed E-state index contributed by atoms with van der Waals surface area (Å²) in [5.74, 6) is 6.58. The van der Waals surface area contributed by atoms with Crippen molar-refractivity contribution in [1.82, 2.24) is 5.43 Å². The Kier molecular flexibility index (Phi) is 4.58. The Morgan fingerprint density at radius 3 is 2.53 bits per heavy atom. The standard InChI is InChI=1S/C15H17BrN2O/c1-10-7-8-14(19-2)12(9-10)15(18-17)11-5-3-4-6-13(11)16/h3-9,15,18H,17H2,1-2H3. The van der Waals surface area contributed by atoms with E-state index in [1.807, 2.05) is 36.4 Å². The predicted octanol–water partition coefficient (Wildman–Crippen LogP) is 3.32. The summed E-state index contributed by atoms with van der Waals surface area (Å²) in [4.78, 5) is 0. The third-order valence-corrected chi connectivity index (χ3v) is 3.80. The number of hydrogen-bond acceptors (Lipinski definition) is 3. The van der Waals surface area contributed by atoms with Crippen LogP contribution >= 0.6 is 15.9 Å². The van der Waals surface area contributed by atoms with Crippen LogP contribution in [-0.4, -0.2) is 7.11 Å². The highest BCUT2D eigenvalue weighted by atomic mass is 79.9. The van der Waals surface area contributed by atoms with Crippen molar-refractivity contribution in [2.75, 3.05) is 7.11 Å². The maximum atomic E-state index is 5.75. The molecule has 0 saturated carbocycles. The van der Waals surface area contributed by atoms with Crippen molar-refractivity contribution in [2.24, 2.45) is 5.84 Å². The SMILES string of the molecule is COc1ccc(C)cc1C(NN)c1ccccc1Br. The van der Waals surface area contributed by atoms with E-state index in [9.17, 15) is 0 Å². The number of hydrogen-bond donors (Lipinski definition) is 2. The summed E-state index contributed by atoms with van der Waals surface area (Å²) < 4.78 is 6.45. The lowest BCUT2D eigenvalue weighted by Crippen LogP contribution is -2.29. The van der Waals surface area contributed by atoms with Crippen LogP contribution in [0.4, 0.5) is 0 Å². The molecule has 1 unspecified atom stereocenters. The monoisotopic (exact) mass is 320 g/mol. The van der Waals surface area contributed by atoms with Gasteiger partial charge in [0, 0.05) is 10.0 Å². The summed E-state index contributed by atoms with van der Waals surface area (Å²) in [7, 11) is 1.67. The third-order valence-electron chi connectivity index (χ3n) is 3.08. The van der Waals surface area contributed by atoms with Gasteiger partial charge in [0.15, 0.2) is 0 Å². The largest absolute Gasteiger partial charge is 0.496 e. The zero-order chi connectivity index (χ0) is 13.8. The number of rotatable bonds is 4. The lowest BCUT2D eigenvalue weighted by molar-refractivity contribution is 0.404. The van der Waals surface area contributed by atoms with Crippen LogP contribution in [-0.2, 0) is 0 Å². The molecule has 0 heterocycles. The normalized spacial score (nSPS) is 12.2. The van der Waals surface area contributed by atoms with Gasteiger partial charge in [0.2, 0.25) is 0 Å². The Morgan fingerprint density at radius 2 is 1.89 bits per heavy atom. The van der Waals surface area contributed by atoms with E-state index < -0.39 is 0 Å². The molecule has 0 aliphatic heterocycles. The van der Waals surface area contributed by atoms with Crippen molar-refractivity contribution in [1.29, 1.82) is 0 Å². The molecule has 0 amide bonds. The molecule has 0 aromatic heterocycles. The topological polar surface area (TPSA) is 47.3 Å². The van der Waals surface area contributed by atoms with Crippen molar-refractivity contribution in [3.05, 3.63) is 63.6 Å². The van der Waals surface area contributed by atoms with E-state index in [4.69, 9.17) is 10.6 Å². The smallest absolute Gasteiger partial charge is 0.124 e. The summed E-state index contributed by atoms with van der Waals surface area (Å²) in [5.41, 5.74) is 6.14. The summed E-state index contributed by atoms with van der Waals surface area (Å²) in [6.07, 6.45) is 0. The second-order valence-electron chi connectivity index (χ2n) is 4.37. The average Bonchev–Trinajstić information content (AvgIpc) is 2.42. The van der Waals surface area contributed by atoms with Crippen molar-refractivity contribution >= 4 is 15.9 Å². The van der Waals surface area contributed by atoms with E-state index in [1.54, 1.807) is 7.11 Å². The average molecular weight is 321 g/mol. The van der Waals surface area contributed by atoms with Crippen LogP contribution in [0.15, 0.2) is 46.9 Å². The molecule has 0 spiro atoms. The van der Waals surface area contributed by atoms with Gasteiger partial charge in [-0.1, -0.05) is 51.8 Å². The molecule has 0 fully saturated rings. The quantitative estimate of drug-likeness (QED) is 0.671. The molecule has 0 aliphatic rings. The highest BCUT2D eigenvalue weighted by Crippen LogP contribution is 2.33. The molecule has 0 saturated heterocycles. The molecule has 3 N–H and O–H groups in total. The van der Waals surface area contributed by atoms with E-state index in [2.05, 4.69) is 34.3 Å². The molecular formula is C15H17BrN2O. The van der Waals surface area contributed by atoms with Gasteiger partial charge >= 0.3 is 0 Å². The Labute approximate surface area is 121 Å². The van der Waals surface area contributed by atoms with Crippen LogP contribution in [0.1, 0.15) is 22.7 Å². The van der Waals surface area contributed by atoms with Crippen molar-refractivity contribution < 1.29 is 4.74 Å². The van der Waals surface area contributed by atoms with Crippen LogP contribution < -0.4 is 16.0 Å². The minimum Gasteiger partial charge on any atom is -0.496 e. The van der Waals surface area contributed by atoms with Crippen LogP contribution in [0.3, 0.4) is 0 Å². The van der Waals surface area contributed by atoms with E-state index in [-0.39, 0.29) is 6.04 Å². The second-order valence-corrected chi connectivity index (χ2v) is 5.22. The lowest BCUT2D eigenvalue weighted by atomic mass is 9.97. The first-order valence-corrected chi connectivity index (χ1v) is 6.81. The fraction of sp³-hybridized carbons (Fsp3) is 0.200. The van der Waals surface area contributed by atoms with E-state index >= 15 is 0 Å². The Bertz CT molecular complexity index is 572. The summed E-state index contributed by atoms with van der Waals surface area (Å²) in [6.45, 7) is 2.05. The number of nitrogens with one attached hydrogen (secondary N) is 1. The number of ether oxygens (including phenoxy) is 1. The third kappa shape index (κ3) is 2.97. The second kappa shape index (κ2) is 6.19. The molecule has 19 heavy (non-hydrogen) atoms. The molecule has 4 heteroatoms. The Hall–Kier alpha value is -1.36. The van der Waals surface area contributed by atoms with Gasteiger partial charge in [-0.25, -0.2) is 5.43 Å². The fourth-order valence-electron chi connectivity index (χ4n) is 2.14. The maximum Gasteiger partial charge on any atom is 0.124 e. The van der Waals surface area contributed by atoms with E-state index in [1.165, 1.54) is 5.56 Å². The zero-order valence-corrected chi connectivity index (χ0v) is 12.6. The number of halogens is 1. The number of benzene rings is 2. The highest BCUT2D eigenvalue weighted by Gasteiger charge is 2.19. The number of aryl methyl sites for hydroxylation is 1.